The van der Waals surface area contributed by atoms with Gasteiger partial charge >= 0.3 is 5.97 Å². The first-order chi connectivity index (χ1) is 14.5. The average Bonchev–Trinajstić information content (AvgIpc) is 3.23. The van der Waals surface area contributed by atoms with Gasteiger partial charge in [0.1, 0.15) is 0 Å². The molecule has 0 saturated carbocycles. The second-order valence-electron chi connectivity index (χ2n) is 7.03. The molecule has 2 aromatic carbocycles. The summed E-state index contributed by atoms with van der Waals surface area (Å²) in [6.07, 6.45) is 0.675. The molecular formula is C24H26N2O3S. The summed E-state index contributed by atoms with van der Waals surface area (Å²) in [7, 11) is 0. The Morgan fingerprint density at radius 3 is 2.40 bits per heavy atom. The van der Waals surface area contributed by atoms with Crippen molar-refractivity contribution in [2.45, 2.75) is 45.6 Å². The number of carbonyl (C=O) groups is 2. The first kappa shape index (κ1) is 21.7. The van der Waals surface area contributed by atoms with Crippen molar-refractivity contribution in [2.75, 3.05) is 5.32 Å². The lowest BCUT2D eigenvalue weighted by atomic mass is 9.97. The Balaban J connectivity index is 1.60. The van der Waals surface area contributed by atoms with E-state index in [2.05, 4.69) is 29.4 Å². The van der Waals surface area contributed by atoms with Crippen LogP contribution in [-0.2, 0) is 20.7 Å². The second-order valence-corrected chi connectivity index (χ2v) is 7.89. The Kier molecular flexibility index (Phi) is 7.36. The van der Waals surface area contributed by atoms with Crippen LogP contribution in [-0.4, -0.2) is 23.0 Å². The number of ether oxygens (including phenoxy) is 1. The van der Waals surface area contributed by atoms with Gasteiger partial charge in [0.05, 0.1) is 11.6 Å². The first-order valence-corrected chi connectivity index (χ1v) is 11.0. The van der Waals surface area contributed by atoms with Crippen LogP contribution in [0.15, 0.2) is 60.0 Å². The topological polar surface area (TPSA) is 68.3 Å². The molecule has 0 aliphatic rings. The molecule has 0 bridgehead atoms. The molecule has 2 atom stereocenters. The van der Waals surface area contributed by atoms with Crippen molar-refractivity contribution < 1.29 is 14.3 Å². The Labute approximate surface area is 181 Å². The van der Waals surface area contributed by atoms with E-state index in [1.165, 1.54) is 16.9 Å². The zero-order chi connectivity index (χ0) is 21.5. The molecule has 0 radical (unpaired) electrons. The Bertz CT molecular complexity index is 983. The molecule has 1 amide bonds. The third kappa shape index (κ3) is 5.33. The highest BCUT2D eigenvalue weighted by Gasteiger charge is 2.25. The smallest absolute Gasteiger partial charge is 0.314 e. The maximum absolute atomic E-state index is 12.6. The molecule has 6 heteroatoms. The van der Waals surface area contributed by atoms with E-state index in [4.69, 9.17) is 4.74 Å². The van der Waals surface area contributed by atoms with Crippen molar-refractivity contribution in [2.24, 2.45) is 0 Å². The molecule has 0 saturated heterocycles. The number of anilines is 1. The minimum absolute atomic E-state index is 0.390. The number of amides is 1. The summed E-state index contributed by atoms with van der Waals surface area (Å²) in [4.78, 5) is 29.6. The maximum Gasteiger partial charge on any atom is 0.314 e. The monoisotopic (exact) mass is 422 g/mol. The summed E-state index contributed by atoms with van der Waals surface area (Å²) >= 11 is 1.34. The van der Waals surface area contributed by atoms with Gasteiger partial charge in [-0.3, -0.25) is 14.9 Å². The summed E-state index contributed by atoms with van der Waals surface area (Å²) < 4.78 is 5.43. The predicted molar refractivity (Wildman–Crippen MR) is 121 cm³/mol. The van der Waals surface area contributed by atoms with E-state index in [0.29, 0.717) is 11.6 Å². The molecule has 30 heavy (non-hydrogen) atoms. The van der Waals surface area contributed by atoms with Crippen LogP contribution in [0.1, 0.15) is 44.2 Å². The van der Waals surface area contributed by atoms with Crippen molar-refractivity contribution in [3.8, 4) is 11.3 Å². The number of esters is 1. The number of thiazole rings is 1. The third-order valence-electron chi connectivity index (χ3n) is 4.95. The summed E-state index contributed by atoms with van der Waals surface area (Å²) in [5, 5.41) is 5.13. The number of hydrogen-bond acceptors (Lipinski definition) is 5. The Hall–Kier alpha value is -2.99. The van der Waals surface area contributed by atoms with Gasteiger partial charge < -0.3 is 4.74 Å². The molecule has 0 aliphatic heterocycles. The van der Waals surface area contributed by atoms with Gasteiger partial charge in [0.25, 0.3) is 5.91 Å². The van der Waals surface area contributed by atoms with Crippen LogP contribution < -0.4 is 5.32 Å². The molecule has 3 rings (SSSR count). The van der Waals surface area contributed by atoms with Crippen LogP contribution in [0.5, 0.6) is 0 Å². The quantitative estimate of drug-likeness (QED) is 0.491. The minimum Gasteiger partial charge on any atom is -0.452 e. The van der Waals surface area contributed by atoms with Gasteiger partial charge in [-0.2, -0.15) is 0 Å². The molecule has 156 valence electrons. The molecule has 5 nitrogen and oxygen atoms in total. The molecule has 3 aromatic rings. The third-order valence-corrected chi connectivity index (χ3v) is 5.71. The van der Waals surface area contributed by atoms with E-state index in [1.54, 1.807) is 6.92 Å². The molecule has 0 fully saturated rings. The normalized spacial score (nSPS) is 12.8. The number of nitrogens with one attached hydrogen (secondary N) is 1. The van der Waals surface area contributed by atoms with E-state index in [0.717, 1.165) is 23.2 Å². The van der Waals surface area contributed by atoms with Crippen molar-refractivity contribution >= 4 is 28.3 Å². The zero-order valence-electron chi connectivity index (χ0n) is 17.4. The van der Waals surface area contributed by atoms with Crippen molar-refractivity contribution in [3.63, 3.8) is 0 Å². The summed E-state index contributed by atoms with van der Waals surface area (Å²) in [6.45, 7) is 5.61. The molecule has 1 aromatic heterocycles. The largest absolute Gasteiger partial charge is 0.452 e. The average molecular weight is 423 g/mol. The zero-order valence-corrected chi connectivity index (χ0v) is 18.2. The van der Waals surface area contributed by atoms with Crippen LogP contribution in [0, 0.1) is 0 Å². The van der Waals surface area contributed by atoms with Gasteiger partial charge in [-0.25, -0.2) is 4.98 Å². The van der Waals surface area contributed by atoms with Gasteiger partial charge in [-0.1, -0.05) is 68.4 Å². The number of aromatic nitrogens is 1. The van der Waals surface area contributed by atoms with Gasteiger partial charge in [-0.15, -0.1) is 11.3 Å². The van der Waals surface area contributed by atoms with E-state index in [1.807, 2.05) is 54.8 Å². The summed E-state index contributed by atoms with van der Waals surface area (Å²) in [6, 6.07) is 17.7. The lowest BCUT2D eigenvalue weighted by molar-refractivity contribution is -0.154. The predicted octanol–water partition coefficient (Wildman–Crippen LogP) is 5.44. The highest BCUT2D eigenvalue weighted by molar-refractivity contribution is 7.14. The fraction of sp³-hybridized carbons (Fsp3) is 0.292. The lowest BCUT2D eigenvalue weighted by Gasteiger charge is -2.18. The number of rotatable bonds is 8. The van der Waals surface area contributed by atoms with Gasteiger partial charge in [-0.05, 0) is 30.9 Å². The number of hydrogen-bond donors (Lipinski definition) is 1. The Morgan fingerprint density at radius 2 is 1.77 bits per heavy atom. The van der Waals surface area contributed by atoms with E-state index in [9.17, 15) is 9.59 Å². The molecule has 1 N–H and O–H groups in total. The summed E-state index contributed by atoms with van der Waals surface area (Å²) in [5.41, 5.74) is 3.95. The first-order valence-electron chi connectivity index (χ1n) is 10.1. The molecule has 1 heterocycles. The second kappa shape index (κ2) is 10.2. The van der Waals surface area contributed by atoms with E-state index in [-0.39, 0.29) is 5.92 Å². The fourth-order valence-corrected chi connectivity index (χ4v) is 3.84. The van der Waals surface area contributed by atoms with E-state index < -0.39 is 18.0 Å². The van der Waals surface area contributed by atoms with Crippen LogP contribution in [0.25, 0.3) is 11.3 Å². The van der Waals surface area contributed by atoms with Crippen LogP contribution >= 0.6 is 11.3 Å². The van der Waals surface area contributed by atoms with Gasteiger partial charge in [0.2, 0.25) is 0 Å². The highest BCUT2D eigenvalue weighted by Crippen LogP contribution is 2.26. The minimum atomic E-state index is -0.911. The molecular weight excluding hydrogens is 396 g/mol. The summed E-state index contributed by atoms with van der Waals surface area (Å²) in [5.74, 6) is -1.19. The Morgan fingerprint density at radius 1 is 1.07 bits per heavy atom. The van der Waals surface area contributed by atoms with Crippen LogP contribution in [0.4, 0.5) is 5.13 Å². The molecule has 0 spiro atoms. The van der Waals surface area contributed by atoms with Crippen molar-refractivity contribution in [1.29, 1.82) is 0 Å². The SMILES string of the molecule is CCc1ccc(-c2csc(NC(=O)[C@H](C)OC(=O)[C@@H](CC)c3ccccc3)n2)cc1. The van der Waals surface area contributed by atoms with Crippen molar-refractivity contribution in [1.82, 2.24) is 4.98 Å². The van der Waals surface area contributed by atoms with Crippen LogP contribution in [0.2, 0.25) is 0 Å². The number of carbonyl (C=O) groups excluding carboxylic acids is 2. The molecule has 0 unspecified atom stereocenters. The van der Waals surface area contributed by atoms with E-state index >= 15 is 0 Å². The lowest BCUT2D eigenvalue weighted by Crippen LogP contribution is -2.31. The highest BCUT2D eigenvalue weighted by atomic mass is 32.1. The molecule has 0 aliphatic carbocycles. The fourth-order valence-electron chi connectivity index (χ4n) is 3.12. The number of benzene rings is 2. The standard InChI is InChI=1S/C24H26N2O3S/c1-4-17-11-13-19(14-12-17)21-15-30-24(25-21)26-22(27)16(3)29-23(28)20(5-2)18-9-7-6-8-10-18/h6-16,20H,4-5H2,1-3H3,(H,25,26,27)/t16-,20-/m0/s1. The number of aryl methyl sites for hydroxylation is 1. The van der Waals surface area contributed by atoms with Gasteiger partial charge in [0.15, 0.2) is 11.2 Å². The van der Waals surface area contributed by atoms with Crippen molar-refractivity contribution in [3.05, 3.63) is 71.1 Å². The number of nitrogens with zero attached hydrogens (tertiary/aromatic N) is 1. The van der Waals surface area contributed by atoms with Crippen LogP contribution in [0.3, 0.4) is 0 Å². The van der Waals surface area contributed by atoms with Gasteiger partial charge in [0, 0.05) is 10.9 Å². The maximum atomic E-state index is 12.6.